The fourth-order valence-corrected chi connectivity index (χ4v) is 1.10. The number of methoxy groups -OCH3 is 1. The molecule has 1 aliphatic rings. The summed E-state index contributed by atoms with van der Waals surface area (Å²) < 4.78 is 5.00. The smallest absolute Gasteiger partial charge is 0.368 e. The van der Waals surface area contributed by atoms with Crippen LogP contribution in [-0.4, -0.2) is 13.1 Å². The minimum atomic E-state index is -0.463. The maximum Gasteiger partial charge on any atom is 0.368 e. The number of benzene rings is 1. The highest BCUT2D eigenvalue weighted by Gasteiger charge is 2.07. The SMILES string of the molecule is COc1cccc2c1=NC(=O)N=2. The summed E-state index contributed by atoms with van der Waals surface area (Å²) >= 11 is 0. The van der Waals surface area contributed by atoms with E-state index in [-0.39, 0.29) is 0 Å². The number of ether oxygens (including phenoxy) is 1. The van der Waals surface area contributed by atoms with Gasteiger partial charge in [0, 0.05) is 0 Å². The van der Waals surface area contributed by atoms with Crippen LogP contribution < -0.4 is 15.5 Å². The van der Waals surface area contributed by atoms with Crippen molar-refractivity contribution in [3.63, 3.8) is 0 Å². The molecule has 0 radical (unpaired) electrons. The van der Waals surface area contributed by atoms with Crippen molar-refractivity contribution in [3.05, 3.63) is 28.9 Å². The number of fused-ring (bicyclic) bond motifs is 1. The molecule has 12 heavy (non-hydrogen) atoms. The largest absolute Gasteiger partial charge is 0.494 e. The van der Waals surface area contributed by atoms with E-state index in [1.54, 1.807) is 18.2 Å². The van der Waals surface area contributed by atoms with Gasteiger partial charge in [0.1, 0.15) is 11.1 Å². The third-order valence-electron chi connectivity index (χ3n) is 1.62. The number of carbonyl (C=O) groups excluding carboxylic acids is 1. The molecule has 0 unspecified atom stereocenters. The molecule has 0 bridgehead atoms. The van der Waals surface area contributed by atoms with E-state index in [1.807, 2.05) is 0 Å². The Kier molecular flexibility index (Phi) is 1.40. The molecule has 4 nitrogen and oxygen atoms in total. The van der Waals surface area contributed by atoms with E-state index in [9.17, 15) is 4.79 Å². The number of amides is 2. The zero-order chi connectivity index (χ0) is 8.55. The predicted molar refractivity (Wildman–Crippen MR) is 40.7 cm³/mol. The van der Waals surface area contributed by atoms with E-state index in [2.05, 4.69) is 9.98 Å². The fourth-order valence-electron chi connectivity index (χ4n) is 1.10. The highest BCUT2D eigenvalue weighted by molar-refractivity contribution is 5.77. The first kappa shape index (κ1) is 6.97. The summed E-state index contributed by atoms with van der Waals surface area (Å²) in [5.41, 5.74) is 0. The third-order valence-corrected chi connectivity index (χ3v) is 1.62. The Morgan fingerprint density at radius 2 is 2.17 bits per heavy atom. The van der Waals surface area contributed by atoms with Crippen molar-refractivity contribution in [3.8, 4) is 5.75 Å². The number of hydrogen-bond donors (Lipinski definition) is 0. The van der Waals surface area contributed by atoms with Crippen LogP contribution >= 0.6 is 0 Å². The Morgan fingerprint density at radius 1 is 1.33 bits per heavy atom. The molecule has 4 heteroatoms. The predicted octanol–water partition coefficient (Wildman–Crippen LogP) is 0.0680. The summed E-state index contributed by atoms with van der Waals surface area (Å²) in [7, 11) is 1.54. The summed E-state index contributed by atoms with van der Waals surface area (Å²) in [4.78, 5) is 18.1. The molecule has 1 heterocycles. The van der Waals surface area contributed by atoms with Crippen molar-refractivity contribution in [2.24, 2.45) is 9.98 Å². The van der Waals surface area contributed by atoms with Crippen LogP contribution in [0.3, 0.4) is 0 Å². The van der Waals surface area contributed by atoms with Gasteiger partial charge in [-0.05, 0) is 12.1 Å². The van der Waals surface area contributed by atoms with Crippen LogP contribution in [-0.2, 0) is 0 Å². The maximum atomic E-state index is 10.8. The number of rotatable bonds is 1. The highest BCUT2D eigenvalue weighted by Crippen LogP contribution is 1.99. The van der Waals surface area contributed by atoms with Crippen LogP contribution in [0, 0.1) is 0 Å². The van der Waals surface area contributed by atoms with Crippen LogP contribution in [0.1, 0.15) is 0 Å². The Labute approximate surface area is 68.2 Å². The van der Waals surface area contributed by atoms with Gasteiger partial charge in [-0.1, -0.05) is 6.07 Å². The number of nitrogens with zero attached hydrogens (tertiary/aromatic N) is 2. The molecule has 60 valence electrons. The van der Waals surface area contributed by atoms with Gasteiger partial charge in [-0.3, -0.25) is 0 Å². The molecule has 0 saturated carbocycles. The summed E-state index contributed by atoms with van der Waals surface area (Å²) in [5, 5.41) is 1.12. The first-order chi connectivity index (χ1) is 5.81. The van der Waals surface area contributed by atoms with Gasteiger partial charge in [0.25, 0.3) is 0 Å². The first-order valence-electron chi connectivity index (χ1n) is 3.45. The van der Waals surface area contributed by atoms with Crippen molar-refractivity contribution >= 4 is 6.03 Å². The monoisotopic (exact) mass is 162 g/mol. The first-order valence-corrected chi connectivity index (χ1v) is 3.45. The Hall–Kier alpha value is -1.71. The fraction of sp³-hybridized carbons (Fsp3) is 0.125. The number of carbonyl (C=O) groups is 1. The molecule has 1 aliphatic heterocycles. The molecule has 0 N–H and O–H groups in total. The van der Waals surface area contributed by atoms with E-state index in [0.717, 1.165) is 0 Å². The second-order valence-electron chi connectivity index (χ2n) is 2.33. The van der Waals surface area contributed by atoms with E-state index < -0.39 is 6.03 Å². The molecule has 0 fully saturated rings. The minimum Gasteiger partial charge on any atom is -0.494 e. The van der Waals surface area contributed by atoms with Crippen molar-refractivity contribution in [1.29, 1.82) is 0 Å². The number of hydrogen-bond acceptors (Lipinski definition) is 2. The second kappa shape index (κ2) is 2.41. The van der Waals surface area contributed by atoms with E-state index in [0.29, 0.717) is 16.5 Å². The third kappa shape index (κ3) is 0.887. The van der Waals surface area contributed by atoms with E-state index in [1.165, 1.54) is 7.11 Å². The summed E-state index contributed by atoms with van der Waals surface area (Å²) in [6.07, 6.45) is 0. The zero-order valence-corrected chi connectivity index (χ0v) is 6.44. The standard InChI is InChI=1S/C8H6N2O2/c1-12-6-4-2-3-5-7(6)10-8(11)9-5/h2-4H,1H3. The average Bonchev–Trinajstić information content (AvgIpc) is 2.44. The lowest BCUT2D eigenvalue weighted by Crippen LogP contribution is -2.22. The molecule has 2 amide bonds. The normalized spacial score (nSPS) is 13.2. The summed E-state index contributed by atoms with van der Waals surface area (Å²) in [6, 6.07) is 4.78. The van der Waals surface area contributed by atoms with Crippen molar-refractivity contribution < 1.29 is 9.53 Å². The second-order valence-corrected chi connectivity index (χ2v) is 2.33. The Bertz CT molecular complexity index is 451. The van der Waals surface area contributed by atoms with Gasteiger partial charge in [-0.25, -0.2) is 4.79 Å². The maximum absolute atomic E-state index is 10.8. The van der Waals surface area contributed by atoms with Crippen LogP contribution in [0.25, 0.3) is 0 Å². The highest BCUT2D eigenvalue weighted by atomic mass is 16.5. The molecular weight excluding hydrogens is 156 g/mol. The lowest BCUT2D eigenvalue weighted by Gasteiger charge is -1.95. The minimum absolute atomic E-state index is 0.463. The summed E-state index contributed by atoms with van der Waals surface area (Å²) in [5.74, 6) is 0.585. The Balaban J connectivity index is 2.84. The molecule has 1 aromatic carbocycles. The molecule has 0 spiro atoms. The van der Waals surface area contributed by atoms with Gasteiger partial charge in [0.15, 0.2) is 0 Å². The lowest BCUT2D eigenvalue weighted by atomic mass is 10.3. The molecule has 0 aromatic heterocycles. The summed E-state index contributed by atoms with van der Waals surface area (Å²) in [6.45, 7) is 0. The zero-order valence-electron chi connectivity index (χ0n) is 6.44. The van der Waals surface area contributed by atoms with Crippen molar-refractivity contribution in [2.45, 2.75) is 0 Å². The molecule has 2 rings (SSSR count). The van der Waals surface area contributed by atoms with Crippen LogP contribution in [0.2, 0.25) is 0 Å². The topological polar surface area (TPSA) is 51.0 Å². The Morgan fingerprint density at radius 3 is 2.92 bits per heavy atom. The van der Waals surface area contributed by atoms with Crippen molar-refractivity contribution in [1.82, 2.24) is 0 Å². The average molecular weight is 162 g/mol. The molecule has 0 saturated heterocycles. The van der Waals surface area contributed by atoms with Gasteiger partial charge >= 0.3 is 6.03 Å². The van der Waals surface area contributed by atoms with Gasteiger partial charge in [0.05, 0.1) is 12.5 Å². The van der Waals surface area contributed by atoms with Crippen LogP contribution in [0.15, 0.2) is 28.2 Å². The molecular formula is C8H6N2O2. The van der Waals surface area contributed by atoms with Gasteiger partial charge in [-0.2, -0.15) is 9.98 Å². The number of para-hydroxylation sites is 1. The van der Waals surface area contributed by atoms with Crippen LogP contribution in [0.4, 0.5) is 4.79 Å². The van der Waals surface area contributed by atoms with Gasteiger partial charge < -0.3 is 4.74 Å². The van der Waals surface area contributed by atoms with Gasteiger partial charge in [0.2, 0.25) is 0 Å². The molecule has 1 aromatic rings. The van der Waals surface area contributed by atoms with Crippen molar-refractivity contribution in [2.75, 3.05) is 7.11 Å². The number of urea groups is 1. The molecule has 0 atom stereocenters. The molecule has 0 aliphatic carbocycles. The van der Waals surface area contributed by atoms with Gasteiger partial charge in [-0.15, -0.1) is 0 Å². The van der Waals surface area contributed by atoms with E-state index in [4.69, 9.17) is 4.74 Å². The lowest BCUT2D eigenvalue weighted by molar-refractivity contribution is 0.256. The van der Waals surface area contributed by atoms with E-state index >= 15 is 0 Å². The van der Waals surface area contributed by atoms with Crippen LogP contribution in [0.5, 0.6) is 5.75 Å². The quantitative estimate of drug-likeness (QED) is 0.586.